The number of halogens is 4. The lowest BCUT2D eigenvalue weighted by atomic mass is 9.87. The van der Waals surface area contributed by atoms with Gasteiger partial charge in [-0.15, -0.1) is 0 Å². The van der Waals surface area contributed by atoms with Gasteiger partial charge in [0, 0.05) is 10.4 Å². The van der Waals surface area contributed by atoms with E-state index in [1.807, 2.05) is 0 Å². The van der Waals surface area contributed by atoms with Crippen molar-refractivity contribution in [2.45, 2.75) is 39.4 Å². The number of nitrogens with zero attached hydrogens (tertiary/aromatic N) is 3. The molecule has 2 atom stereocenters. The summed E-state index contributed by atoms with van der Waals surface area (Å²) in [5, 5.41) is 5.26. The number of alkyl halides is 3. The molecule has 2 aromatic rings. The predicted molar refractivity (Wildman–Crippen MR) is 90.1 cm³/mol. The Hall–Kier alpha value is -2.49. The Morgan fingerprint density at radius 3 is 2.33 bits per heavy atom. The first kappa shape index (κ1) is 20.8. The van der Waals surface area contributed by atoms with E-state index in [2.05, 4.69) is 10.1 Å². The highest BCUT2D eigenvalue weighted by Crippen LogP contribution is 2.33. The van der Waals surface area contributed by atoms with Gasteiger partial charge in [0.1, 0.15) is 18.4 Å². The van der Waals surface area contributed by atoms with Crippen LogP contribution < -0.4 is 10.1 Å². The molecule has 1 amide bonds. The zero-order valence-corrected chi connectivity index (χ0v) is 15.5. The van der Waals surface area contributed by atoms with Crippen molar-refractivity contribution >= 4 is 17.7 Å². The Morgan fingerprint density at radius 1 is 1.22 bits per heavy atom. The van der Waals surface area contributed by atoms with Crippen molar-refractivity contribution in [3.8, 4) is 5.75 Å². The van der Waals surface area contributed by atoms with Crippen LogP contribution >= 0.6 is 11.6 Å². The molecule has 148 valence electrons. The van der Waals surface area contributed by atoms with Gasteiger partial charge in [-0.3, -0.25) is 0 Å². The highest BCUT2D eigenvalue weighted by molar-refractivity contribution is 6.30. The van der Waals surface area contributed by atoms with Gasteiger partial charge in [0.25, 0.3) is 0 Å². The fourth-order valence-electron chi connectivity index (χ4n) is 2.18. The highest BCUT2D eigenvalue weighted by atomic mass is 35.5. The molecule has 7 nitrogen and oxygen atoms in total. The lowest BCUT2D eigenvalue weighted by Crippen LogP contribution is -2.46. The van der Waals surface area contributed by atoms with Gasteiger partial charge in [-0.05, 0) is 24.3 Å². The van der Waals surface area contributed by atoms with Gasteiger partial charge < -0.3 is 9.47 Å². The van der Waals surface area contributed by atoms with Crippen molar-refractivity contribution in [2.24, 2.45) is 5.41 Å². The van der Waals surface area contributed by atoms with E-state index in [0.29, 0.717) is 10.8 Å². The summed E-state index contributed by atoms with van der Waals surface area (Å²) >= 11 is 5.85. The van der Waals surface area contributed by atoms with Gasteiger partial charge >= 0.3 is 12.4 Å². The molecule has 1 N–H and O–H groups in total. The number of aromatic nitrogens is 3. The Labute approximate surface area is 158 Å². The van der Waals surface area contributed by atoms with Crippen LogP contribution in [0.5, 0.6) is 5.75 Å². The van der Waals surface area contributed by atoms with E-state index in [4.69, 9.17) is 21.1 Å². The summed E-state index contributed by atoms with van der Waals surface area (Å²) in [6.45, 7) is 5.06. The number of alkyl carbamates (subject to hydrolysis) is 1. The maximum atomic E-state index is 12.4. The zero-order chi connectivity index (χ0) is 20.2. The van der Waals surface area contributed by atoms with Crippen LogP contribution in [-0.2, 0) is 4.74 Å². The zero-order valence-electron chi connectivity index (χ0n) is 14.7. The molecule has 0 aliphatic rings. The molecular weight excluding hydrogens is 389 g/mol. The third-order valence-electron chi connectivity index (χ3n) is 3.36. The molecule has 1 aromatic heterocycles. The van der Waals surface area contributed by atoms with Crippen molar-refractivity contribution < 1.29 is 27.4 Å². The molecule has 0 saturated carbocycles. The van der Waals surface area contributed by atoms with Gasteiger partial charge in [0.2, 0.25) is 6.23 Å². The third kappa shape index (κ3) is 6.31. The molecule has 2 unspecified atom stereocenters. The summed E-state index contributed by atoms with van der Waals surface area (Å²) in [6, 6.07) is 6.31. The van der Waals surface area contributed by atoms with Gasteiger partial charge in [-0.1, -0.05) is 32.4 Å². The summed E-state index contributed by atoms with van der Waals surface area (Å²) in [6.07, 6.45) is -6.24. The average molecular weight is 407 g/mol. The largest absolute Gasteiger partial charge is 0.487 e. The van der Waals surface area contributed by atoms with E-state index in [9.17, 15) is 18.0 Å². The number of carbonyl (C=O) groups excluding carboxylic acids is 1. The smallest absolute Gasteiger partial charge is 0.465 e. The van der Waals surface area contributed by atoms with E-state index in [1.165, 1.54) is 17.3 Å². The molecule has 0 saturated heterocycles. The second-order valence-electron chi connectivity index (χ2n) is 6.65. The number of carbonyl (C=O) groups is 1. The third-order valence-corrected chi connectivity index (χ3v) is 3.61. The molecule has 0 aliphatic carbocycles. The van der Waals surface area contributed by atoms with Crippen LogP contribution in [0, 0.1) is 5.41 Å². The summed E-state index contributed by atoms with van der Waals surface area (Å²) in [5.74, 6) is 0.356. The Kier molecular flexibility index (Phi) is 6.19. The number of rotatable bonds is 5. The quantitative estimate of drug-likeness (QED) is 0.754. The highest BCUT2D eigenvalue weighted by Gasteiger charge is 2.41. The summed E-state index contributed by atoms with van der Waals surface area (Å²) in [7, 11) is 0. The van der Waals surface area contributed by atoms with Crippen molar-refractivity contribution in [3.63, 3.8) is 0 Å². The second kappa shape index (κ2) is 8.03. The topological polar surface area (TPSA) is 78.3 Å². The minimum Gasteiger partial charge on any atom is -0.465 e. The van der Waals surface area contributed by atoms with Gasteiger partial charge in [-0.25, -0.2) is 19.8 Å². The monoisotopic (exact) mass is 406 g/mol. The van der Waals surface area contributed by atoms with Crippen LogP contribution in [0.3, 0.4) is 0 Å². The molecule has 27 heavy (non-hydrogen) atoms. The van der Waals surface area contributed by atoms with Crippen LogP contribution in [0.2, 0.25) is 5.02 Å². The minimum absolute atomic E-state index is 0.356. The molecule has 1 aromatic carbocycles. The van der Waals surface area contributed by atoms with Gasteiger partial charge in [-0.2, -0.15) is 18.3 Å². The van der Waals surface area contributed by atoms with Crippen molar-refractivity contribution in [1.82, 2.24) is 20.1 Å². The van der Waals surface area contributed by atoms with E-state index < -0.39 is 30.1 Å². The average Bonchev–Trinajstić information content (AvgIpc) is 3.04. The molecule has 0 aliphatic heterocycles. The normalized spacial score (nSPS) is 14.3. The van der Waals surface area contributed by atoms with Crippen LogP contribution in [-0.4, -0.2) is 33.3 Å². The predicted octanol–water partition coefficient (Wildman–Crippen LogP) is 4.17. The van der Waals surface area contributed by atoms with Gasteiger partial charge in [0.15, 0.2) is 6.10 Å². The molecular formula is C16H18ClF3N4O3. The SMILES string of the molecule is CC(C)(C)C(OC(=O)NC(F)(F)F)C(Oc1ccc(Cl)cc1)n1cncn1. The van der Waals surface area contributed by atoms with Crippen molar-refractivity contribution in [3.05, 3.63) is 41.9 Å². The van der Waals surface area contributed by atoms with Crippen LogP contribution in [0.1, 0.15) is 27.0 Å². The maximum Gasteiger partial charge on any atom is 0.487 e. The first-order chi connectivity index (χ1) is 12.5. The Morgan fingerprint density at radius 2 is 1.85 bits per heavy atom. The maximum absolute atomic E-state index is 12.4. The van der Waals surface area contributed by atoms with E-state index in [1.54, 1.807) is 45.0 Å². The fourth-order valence-corrected chi connectivity index (χ4v) is 2.31. The summed E-state index contributed by atoms with van der Waals surface area (Å²) in [4.78, 5) is 15.5. The molecule has 0 radical (unpaired) electrons. The fraction of sp³-hybridized carbons (Fsp3) is 0.438. The second-order valence-corrected chi connectivity index (χ2v) is 7.09. The molecule has 0 bridgehead atoms. The first-order valence-electron chi connectivity index (χ1n) is 7.77. The van der Waals surface area contributed by atoms with Crippen LogP contribution in [0.25, 0.3) is 0 Å². The summed E-state index contributed by atoms with van der Waals surface area (Å²) < 4.78 is 49.5. The first-order valence-corrected chi connectivity index (χ1v) is 8.15. The van der Waals surface area contributed by atoms with Crippen molar-refractivity contribution in [2.75, 3.05) is 0 Å². The number of amides is 1. The Balaban J connectivity index is 2.32. The standard InChI is InChI=1S/C16H18ClF3N4O3/c1-15(2,3)12(27-14(25)23-16(18,19)20)13(24-9-21-8-22-24)26-11-6-4-10(17)5-7-11/h4-9,12-13H,1-3H3,(H,23,25). The summed E-state index contributed by atoms with van der Waals surface area (Å²) in [5.41, 5.74) is -0.800. The number of hydrogen-bond donors (Lipinski definition) is 1. The molecule has 2 rings (SSSR count). The number of nitrogens with one attached hydrogen (secondary N) is 1. The number of ether oxygens (including phenoxy) is 2. The lowest BCUT2D eigenvalue weighted by molar-refractivity contribution is -0.157. The molecule has 0 fully saturated rings. The molecule has 0 spiro atoms. The lowest BCUT2D eigenvalue weighted by Gasteiger charge is -2.36. The van der Waals surface area contributed by atoms with Crippen LogP contribution in [0.4, 0.5) is 18.0 Å². The van der Waals surface area contributed by atoms with Crippen molar-refractivity contribution in [1.29, 1.82) is 0 Å². The van der Waals surface area contributed by atoms with Crippen LogP contribution in [0.15, 0.2) is 36.9 Å². The molecule has 1 heterocycles. The van der Waals surface area contributed by atoms with E-state index in [0.717, 1.165) is 5.32 Å². The molecule has 11 heteroatoms. The number of hydrogen-bond acceptors (Lipinski definition) is 5. The Bertz CT molecular complexity index is 746. The van der Waals surface area contributed by atoms with Gasteiger partial charge in [0.05, 0.1) is 0 Å². The minimum atomic E-state index is -4.92. The number of benzene rings is 1. The van der Waals surface area contributed by atoms with E-state index >= 15 is 0 Å². The van der Waals surface area contributed by atoms with E-state index in [-0.39, 0.29) is 0 Å².